The number of aliphatic hydroxyl groups is 1. The summed E-state index contributed by atoms with van der Waals surface area (Å²) in [5, 5.41) is 13.1. The molecule has 8 heteroatoms. The van der Waals surface area contributed by atoms with E-state index in [0.717, 1.165) is 21.5 Å². The number of carbonyl (C=O) groups is 1. The van der Waals surface area contributed by atoms with Crippen LogP contribution in [0.2, 0.25) is 0 Å². The van der Waals surface area contributed by atoms with Crippen molar-refractivity contribution in [1.82, 2.24) is 9.97 Å². The number of nitrogens with one attached hydrogen (secondary N) is 1. The lowest BCUT2D eigenvalue weighted by Crippen LogP contribution is -2.37. The third-order valence-corrected chi connectivity index (χ3v) is 5.55. The number of rotatable bonds is 7. The van der Waals surface area contributed by atoms with E-state index in [1.54, 1.807) is 18.8 Å². The highest BCUT2D eigenvalue weighted by atomic mass is 32.1. The topological polar surface area (TPSA) is 93.6 Å². The molecular weight excluding hydrogens is 378 g/mol. The highest BCUT2D eigenvalue weighted by molar-refractivity contribution is 7.13. The van der Waals surface area contributed by atoms with Gasteiger partial charge in [-0.25, -0.2) is 4.98 Å². The number of carbonyl (C=O) groups excluding carboxylic acids is 1. The number of benzene rings is 1. The molecule has 2 aromatic heterocycles. The number of nitrogens with zero attached hydrogens (tertiary/aromatic N) is 2. The number of hydrogen-bond donors (Lipinski definition) is 2. The molecule has 1 amide bonds. The van der Waals surface area contributed by atoms with Gasteiger partial charge < -0.3 is 19.9 Å². The molecule has 3 aromatic rings. The number of fused-ring (bicyclic) bond motifs is 1. The zero-order valence-corrected chi connectivity index (χ0v) is 16.2. The van der Waals surface area contributed by atoms with Crippen LogP contribution in [0.3, 0.4) is 0 Å². The molecule has 0 spiro atoms. The van der Waals surface area contributed by atoms with E-state index < -0.39 is 0 Å². The van der Waals surface area contributed by atoms with E-state index >= 15 is 0 Å². The summed E-state index contributed by atoms with van der Waals surface area (Å²) < 4.78 is 11.0. The number of amides is 1. The molecule has 0 bridgehead atoms. The predicted octanol–water partition coefficient (Wildman–Crippen LogP) is 3.09. The van der Waals surface area contributed by atoms with Crippen molar-refractivity contribution in [1.29, 1.82) is 0 Å². The SMILES string of the molecule is COCCOc1cc(-c2cncs2)nc2ccc(NC(=O)[C@H]3C[C@@H](O)C3)cc12. The number of hydrogen-bond acceptors (Lipinski definition) is 7. The van der Waals surface area contributed by atoms with Gasteiger partial charge in [-0.05, 0) is 31.0 Å². The van der Waals surface area contributed by atoms with E-state index in [2.05, 4.69) is 10.3 Å². The van der Waals surface area contributed by atoms with Crippen molar-refractivity contribution in [2.45, 2.75) is 18.9 Å². The van der Waals surface area contributed by atoms with Crippen LogP contribution in [0.4, 0.5) is 5.69 Å². The maximum Gasteiger partial charge on any atom is 0.227 e. The summed E-state index contributed by atoms with van der Waals surface area (Å²) in [7, 11) is 1.63. The second-order valence-corrected chi connectivity index (χ2v) is 7.64. The lowest BCUT2D eigenvalue weighted by Gasteiger charge is -2.30. The van der Waals surface area contributed by atoms with Crippen LogP contribution >= 0.6 is 11.3 Å². The fourth-order valence-electron chi connectivity index (χ4n) is 3.14. The number of thiazole rings is 1. The summed E-state index contributed by atoms with van der Waals surface area (Å²) in [5.74, 6) is 0.483. The van der Waals surface area contributed by atoms with Crippen molar-refractivity contribution >= 4 is 33.8 Å². The largest absolute Gasteiger partial charge is 0.490 e. The molecular formula is C20H21N3O4S. The van der Waals surface area contributed by atoms with Crippen molar-refractivity contribution < 1.29 is 19.4 Å². The minimum atomic E-state index is -0.359. The molecule has 1 saturated carbocycles. The predicted molar refractivity (Wildman–Crippen MR) is 108 cm³/mol. The van der Waals surface area contributed by atoms with Gasteiger partial charge in [-0.3, -0.25) is 9.78 Å². The number of aliphatic hydroxyl groups excluding tert-OH is 1. The van der Waals surface area contributed by atoms with Gasteiger partial charge in [-0.2, -0.15) is 0 Å². The van der Waals surface area contributed by atoms with Crippen molar-refractivity contribution in [2.24, 2.45) is 5.92 Å². The van der Waals surface area contributed by atoms with E-state index in [9.17, 15) is 9.90 Å². The Bertz CT molecular complexity index is 971. The molecule has 0 saturated heterocycles. The summed E-state index contributed by atoms with van der Waals surface area (Å²) in [6.45, 7) is 0.883. The van der Waals surface area contributed by atoms with Crippen molar-refractivity contribution in [3.8, 4) is 16.3 Å². The number of ether oxygens (including phenoxy) is 2. The maximum absolute atomic E-state index is 12.3. The van der Waals surface area contributed by atoms with Gasteiger partial charge in [0.2, 0.25) is 5.91 Å². The number of pyridine rings is 1. The van der Waals surface area contributed by atoms with Gasteiger partial charge in [0.05, 0.1) is 34.3 Å². The molecule has 1 fully saturated rings. The molecule has 4 rings (SSSR count). The molecule has 1 aromatic carbocycles. The Morgan fingerprint density at radius 1 is 1.32 bits per heavy atom. The van der Waals surface area contributed by atoms with E-state index in [0.29, 0.717) is 37.5 Å². The smallest absolute Gasteiger partial charge is 0.227 e. The summed E-state index contributed by atoms with van der Waals surface area (Å²) in [4.78, 5) is 22.1. The normalized spacial score (nSPS) is 18.6. The first-order valence-electron chi connectivity index (χ1n) is 9.08. The summed E-state index contributed by atoms with van der Waals surface area (Å²) in [5.41, 5.74) is 4.02. The van der Waals surface area contributed by atoms with Crippen molar-refractivity contribution in [3.63, 3.8) is 0 Å². The Labute approximate surface area is 166 Å². The third-order valence-electron chi connectivity index (χ3n) is 4.75. The second-order valence-electron chi connectivity index (χ2n) is 6.76. The third kappa shape index (κ3) is 3.99. The molecule has 7 nitrogen and oxygen atoms in total. The molecule has 2 N–H and O–H groups in total. The quantitative estimate of drug-likeness (QED) is 0.593. The summed E-state index contributed by atoms with van der Waals surface area (Å²) in [6, 6.07) is 7.46. The molecule has 0 aliphatic heterocycles. The molecule has 0 unspecified atom stereocenters. The van der Waals surface area contributed by atoms with Gasteiger partial charge in [-0.1, -0.05) is 0 Å². The molecule has 146 valence electrons. The van der Waals surface area contributed by atoms with Crippen LogP contribution in [-0.2, 0) is 9.53 Å². The number of aromatic nitrogens is 2. The standard InChI is InChI=1S/C20H21N3O4S/c1-26-4-5-27-18-9-17(19-10-21-11-28-19)23-16-3-2-13(8-15(16)18)22-20(25)12-6-14(24)7-12/h2-3,8-12,14,24H,4-7H2,1H3,(H,22,25)/t12-,14+. The Balaban J connectivity index is 1.64. The molecule has 1 aliphatic rings. The summed E-state index contributed by atoms with van der Waals surface area (Å²) >= 11 is 1.51. The Hall–Kier alpha value is -2.55. The number of anilines is 1. The van der Waals surface area contributed by atoms with E-state index in [1.165, 1.54) is 11.3 Å². The fourth-order valence-corrected chi connectivity index (χ4v) is 3.72. The van der Waals surface area contributed by atoms with Gasteiger partial charge in [0.25, 0.3) is 0 Å². The second kappa shape index (κ2) is 8.22. The van der Waals surface area contributed by atoms with E-state index in [4.69, 9.17) is 14.5 Å². The summed E-state index contributed by atoms with van der Waals surface area (Å²) in [6.07, 6.45) is 2.46. The molecule has 0 atom stereocenters. The Morgan fingerprint density at radius 2 is 2.18 bits per heavy atom. The molecule has 28 heavy (non-hydrogen) atoms. The van der Waals surface area contributed by atoms with Crippen LogP contribution in [0.25, 0.3) is 21.5 Å². The molecule has 2 heterocycles. The highest BCUT2D eigenvalue weighted by Crippen LogP contribution is 2.34. The highest BCUT2D eigenvalue weighted by Gasteiger charge is 2.33. The Kier molecular flexibility index (Phi) is 5.52. The van der Waals surface area contributed by atoms with E-state index in [-0.39, 0.29) is 17.9 Å². The lowest BCUT2D eigenvalue weighted by molar-refractivity contribution is -0.126. The minimum absolute atomic E-state index is 0.0688. The molecule has 0 radical (unpaired) electrons. The van der Waals surface area contributed by atoms with Crippen molar-refractivity contribution in [2.75, 3.05) is 25.6 Å². The van der Waals surface area contributed by atoms with Crippen molar-refractivity contribution in [3.05, 3.63) is 36.0 Å². The zero-order valence-electron chi connectivity index (χ0n) is 15.4. The van der Waals surface area contributed by atoms with Crippen LogP contribution < -0.4 is 10.1 Å². The maximum atomic E-state index is 12.3. The fraction of sp³-hybridized carbons (Fsp3) is 0.350. The van der Waals surface area contributed by atoms with E-state index in [1.807, 2.05) is 24.3 Å². The van der Waals surface area contributed by atoms with Crippen LogP contribution in [0.1, 0.15) is 12.8 Å². The van der Waals surface area contributed by atoms with Crippen LogP contribution in [-0.4, -0.2) is 47.4 Å². The Morgan fingerprint density at radius 3 is 2.89 bits per heavy atom. The average molecular weight is 399 g/mol. The lowest BCUT2D eigenvalue weighted by atomic mass is 9.82. The van der Waals surface area contributed by atoms with Gasteiger partial charge in [0.1, 0.15) is 12.4 Å². The zero-order chi connectivity index (χ0) is 19.5. The first kappa shape index (κ1) is 18.8. The van der Waals surface area contributed by atoms with Gasteiger partial charge in [0.15, 0.2) is 0 Å². The van der Waals surface area contributed by atoms with Crippen LogP contribution in [0.15, 0.2) is 36.0 Å². The molecule has 1 aliphatic carbocycles. The first-order chi connectivity index (χ1) is 13.6. The van der Waals surface area contributed by atoms with Crippen LogP contribution in [0, 0.1) is 5.92 Å². The minimum Gasteiger partial charge on any atom is -0.490 e. The van der Waals surface area contributed by atoms with Gasteiger partial charge >= 0.3 is 0 Å². The first-order valence-corrected chi connectivity index (χ1v) is 9.96. The van der Waals surface area contributed by atoms with Gasteiger partial charge in [-0.15, -0.1) is 11.3 Å². The van der Waals surface area contributed by atoms with Crippen LogP contribution in [0.5, 0.6) is 5.75 Å². The number of methoxy groups -OCH3 is 1. The average Bonchev–Trinajstić information content (AvgIpc) is 3.20. The van der Waals surface area contributed by atoms with Gasteiger partial charge in [0, 0.05) is 36.4 Å². The monoisotopic (exact) mass is 399 g/mol.